The number of nitrogens with zero attached hydrogens (tertiary/aromatic N) is 3. The summed E-state index contributed by atoms with van der Waals surface area (Å²) in [6.07, 6.45) is 0.746. The molecule has 3 heterocycles. The molecule has 5 rings (SSSR count). The maximum Gasteiger partial charge on any atom is 0.332 e. The van der Waals surface area contributed by atoms with Crippen LogP contribution < -0.4 is 16.6 Å². The number of rotatable bonds is 5. The summed E-state index contributed by atoms with van der Waals surface area (Å²) >= 11 is 1.33. The zero-order chi connectivity index (χ0) is 22.1. The van der Waals surface area contributed by atoms with Crippen LogP contribution in [0.1, 0.15) is 49.1 Å². The molecule has 2 amide bonds. The first-order chi connectivity index (χ1) is 14.7. The van der Waals surface area contributed by atoms with E-state index >= 15 is 0 Å². The highest BCUT2D eigenvalue weighted by Gasteiger charge is 2.41. The van der Waals surface area contributed by atoms with Gasteiger partial charge in [0.1, 0.15) is 4.83 Å². The van der Waals surface area contributed by atoms with E-state index in [-0.39, 0.29) is 48.9 Å². The van der Waals surface area contributed by atoms with Gasteiger partial charge < -0.3 is 10.2 Å². The molecule has 1 saturated heterocycles. The van der Waals surface area contributed by atoms with Crippen molar-refractivity contribution in [2.75, 3.05) is 13.1 Å². The van der Waals surface area contributed by atoms with Crippen LogP contribution >= 0.6 is 11.3 Å². The molecule has 10 heteroatoms. The topological polar surface area (TPSA) is 76.3 Å². The minimum atomic E-state index is -2.69. The van der Waals surface area contributed by atoms with E-state index in [0.29, 0.717) is 36.3 Å². The number of carbonyl (C=O) groups is 1. The number of thiophene rings is 1. The van der Waals surface area contributed by atoms with Gasteiger partial charge in [0.2, 0.25) is 5.92 Å². The van der Waals surface area contributed by atoms with Crippen LogP contribution in [0.2, 0.25) is 0 Å². The summed E-state index contributed by atoms with van der Waals surface area (Å²) < 4.78 is 30.5. The first-order valence-corrected chi connectivity index (χ1v) is 11.7. The summed E-state index contributed by atoms with van der Waals surface area (Å²) in [6.45, 7) is 5.57. The van der Waals surface area contributed by atoms with E-state index < -0.39 is 11.6 Å². The van der Waals surface area contributed by atoms with Gasteiger partial charge in [-0.25, -0.2) is 18.4 Å². The molecular weight excluding hydrogens is 426 g/mol. The fourth-order valence-electron chi connectivity index (χ4n) is 4.97. The third-order valence-electron chi connectivity index (χ3n) is 6.97. The lowest BCUT2D eigenvalue weighted by atomic mass is 10.1. The molecule has 0 aromatic carbocycles. The molecule has 0 radical (unpaired) electrons. The number of halogens is 2. The number of alkyl halides is 2. The van der Waals surface area contributed by atoms with E-state index in [0.717, 1.165) is 16.9 Å². The maximum absolute atomic E-state index is 13.8. The van der Waals surface area contributed by atoms with Crippen molar-refractivity contribution in [1.82, 2.24) is 19.4 Å². The Balaban J connectivity index is 1.63. The van der Waals surface area contributed by atoms with Crippen molar-refractivity contribution in [1.29, 1.82) is 0 Å². The standard InChI is InChI=1S/C21H26F2N4O3S/c1-11-7-14(11)27-17(28)16-12(2)15(10-25-6-5-24-19(25)29)31-18(16)26(20(27)30)9-13-3-4-21(22,23)8-13/h11,13-14H,3-10H2,1-2H3,(H,24,29)/t11-,13?,14-/m0/s1. The second-order valence-corrected chi connectivity index (χ2v) is 10.4. The summed E-state index contributed by atoms with van der Waals surface area (Å²) in [5, 5.41) is 3.26. The van der Waals surface area contributed by atoms with Crippen molar-refractivity contribution in [3.8, 4) is 0 Å². The van der Waals surface area contributed by atoms with Crippen molar-refractivity contribution in [3.05, 3.63) is 31.3 Å². The van der Waals surface area contributed by atoms with E-state index in [1.807, 2.05) is 13.8 Å². The average Bonchev–Trinajstić information content (AvgIpc) is 2.99. The number of amides is 2. The van der Waals surface area contributed by atoms with Gasteiger partial charge in [-0.1, -0.05) is 6.92 Å². The number of urea groups is 1. The van der Waals surface area contributed by atoms with Crippen molar-refractivity contribution in [3.63, 3.8) is 0 Å². The van der Waals surface area contributed by atoms with E-state index in [4.69, 9.17) is 0 Å². The molecule has 2 saturated carbocycles. The number of carbonyl (C=O) groups excluding carboxylic acids is 1. The van der Waals surface area contributed by atoms with Crippen molar-refractivity contribution in [2.45, 2.75) is 64.6 Å². The molecule has 168 valence electrons. The number of fused-ring (bicyclic) bond motifs is 1. The largest absolute Gasteiger partial charge is 0.336 e. The highest BCUT2D eigenvalue weighted by atomic mass is 32.1. The van der Waals surface area contributed by atoms with Crippen molar-refractivity contribution in [2.24, 2.45) is 11.8 Å². The Morgan fingerprint density at radius 3 is 2.58 bits per heavy atom. The van der Waals surface area contributed by atoms with Crippen LogP contribution in [0.15, 0.2) is 9.59 Å². The highest BCUT2D eigenvalue weighted by Crippen LogP contribution is 2.42. The molecular formula is C21H26F2N4O3S. The normalized spacial score (nSPS) is 27.3. The summed E-state index contributed by atoms with van der Waals surface area (Å²) in [5.41, 5.74) is 0.0827. The van der Waals surface area contributed by atoms with Crippen LogP contribution in [0.3, 0.4) is 0 Å². The molecule has 3 aliphatic rings. The van der Waals surface area contributed by atoms with Crippen LogP contribution in [-0.2, 0) is 13.1 Å². The Hall–Kier alpha value is -2.23. The van der Waals surface area contributed by atoms with Crippen LogP contribution in [0.25, 0.3) is 10.2 Å². The van der Waals surface area contributed by atoms with Gasteiger partial charge in [0.25, 0.3) is 5.56 Å². The van der Waals surface area contributed by atoms with Gasteiger partial charge in [-0.3, -0.25) is 13.9 Å². The predicted octanol–water partition coefficient (Wildman–Crippen LogP) is 3.07. The number of aromatic nitrogens is 2. The zero-order valence-electron chi connectivity index (χ0n) is 17.6. The lowest BCUT2D eigenvalue weighted by Gasteiger charge is -2.16. The molecule has 2 aromatic rings. The molecule has 1 unspecified atom stereocenters. The van der Waals surface area contributed by atoms with E-state index in [2.05, 4.69) is 5.32 Å². The number of nitrogens with one attached hydrogen (secondary N) is 1. The van der Waals surface area contributed by atoms with Crippen LogP contribution in [0, 0.1) is 18.8 Å². The summed E-state index contributed by atoms with van der Waals surface area (Å²) in [6, 6.07) is -0.278. The molecule has 2 aromatic heterocycles. The molecule has 0 spiro atoms. The minimum Gasteiger partial charge on any atom is -0.336 e. The van der Waals surface area contributed by atoms with E-state index in [9.17, 15) is 23.2 Å². The van der Waals surface area contributed by atoms with Gasteiger partial charge in [-0.05, 0) is 37.2 Å². The molecule has 1 N–H and O–H groups in total. The lowest BCUT2D eigenvalue weighted by Crippen LogP contribution is -2.40. The molecule has 31 heavy (non-hydrogen) atoms. The van der Waals surface area contributed by atoms with Crippen molar-refractivity contribution >= 4 is 27.6 Å². The predicted molar refractivity (Wildman–Crippen MR) is 114 cm³/mol. The molecule has 2 aliphatic carbocycles. The Morgan fingerprint density at radius 1 is 1.26 bits per heavy atom. The Kier molecular flexibility index (Phi) is 4.76. The fourth-order valence-corrected chi connectivity index (χ4v) is 6.28. The molecule has 1 aliphatic heterocycles. The fraction of sp³-hybridized carbons (Fsp3) is 0.667. The zero-order valence-corrected chi connectivity index (χ0v) is 18.4. The van der Waals surface area contributed by atoms with Gasteiger partial charge >= 0.3 is 11.7 Å². The summed E-state index contributed by atoms with van der Waals surface area (Å²) in [7, 11) is 0. The molecule has 3 atom stereocenters. The van der Waals surface area contributed by atoms with Gasteiger partial charge in [-0.15, -0.1) is 11.3 Å². The number of hydrogen-bond acceptors (Lipinski definition) is 4. The minimum absolute atomic E-state index is 0.132. The van der Waals surface area contributed by atoms with Crippen LogP contribution in [-0.4, -0.2) is 39.1 Å². The Labute approximate surface area is 181 Å². The highest BCUT2D eigenvalue weighted by molar-refractivity contribution is 7.18. The molecule has 3 fully saturated rings. The second-order valence-electron chi connectivity index (χ2n) is 9.30. The van der Waals surface area contributed by atoms with Gasteiger partial charge in [0.05, 0.1) is 11.9 Å². The Morgan fingerprint density at radius 2 is 2.00 bits per heavy atom. The van der Waals surface area contributed by atoms with Gasteiger partial charge in [0, 0.05) is 43.4 Å². The third kappa shape index (κ3) is 3.48. The maximum atomic E-state index is 13.8. The van der Waals surface area contributed by atoms with E-state index in [1.165, 1.54) is 15.9 Å². The molecule has 7 nitrogen and oxygen atoms in total. The van der Waals surface area contributed by atoms with Gasteiger partial charge in [0.15, 0.2) is 0 Å². The van der Waals surface area contributed by atoms with E-state index in [1.54, 1.807) is 9.47 Å². The van der Waals surface area contributed by atoms with Crippen LogP contribution in [0.4, 0.5) is 13.6 Å². The monoisotopic (exact) mass is 452 g/mol. The summed E-state index contributed by atoms with van der Waals surface area (Å²) in [5.74, 6) is -2.74. The van der Waals surface area contributed by atoms with Gasteiger partial charge in [-0.2, -0.15) is 0 Å². The number of aryl methyl sites for hydroxylation is 1. The first kappa shape index (κ1) is 20.7. The van der Waals surface area contributed by atoms with Crippen LogP contribution in [0.5, 0.6) is 0 Å². The quantitative estimate of drug-likeness (QED) is 0.758. The SMILES string of the molecule is Cc1c(CN2CCNC2=O)sc2c1c(=O)n([C@H]1C[C@@H]1C)c(=O)n2CC1CCC(F)(F)C1. The molecule has 0 bridgehead atoms. The second kappa shape index (κ2) is 7.15. The number of hydrogen-bond donors (Lipinski definition) is 1. The lowest BCUT2D eigenvalue weighted by molar-refractivity contribution is 0.00434. The smallest absolute Gasteiger partial charge is 0.332 e. The third-order valence-corrected chi connectivity index (χ3v) is 8.27. The Bertz CT molecular complexity index is 1180. The van der Waals surface area contributed by atoms with Crippen molar-refractivity contribution < 1.29 is 13.6 Å². The first-order valence-electron chi connectivity index (χ1n) is 10.8. The summed E-state index contributed by atoms with van der Waals surface area (Å²) in [4.78, 5) is 41.8. The average molecular weight is 453 g/mol.